The zero-order chi connectivity index (χ0) is 11.8. The van der Waals surface area contributed by atoms with E-state index in [1.54, 1.807) is 0 Å². The third-order valence-electron chi connectivity index (χ3n) is 3.07. The Morgan fingerprint density at radius 3 is 3.00 bits per heavy atom. The fourth-order valence-corrected chi connectivity index (χ4v) is 2.19. The molecule has 3 N–H and O–H groups in total. The SMILES string of the molecule is O=C(O)C1NNCC1c1ccc2c(c1)OCO2. The molecular formula is C11H12N2O4. The molecule has 2 unspecified atom stereocenters. The van der Waals surface area contributed by atoms with Gasteiger partial charge in [-0.2, -0.15) is 0 Å². The number of hydrogen-bond donors (Lipinski definition) is 3. The molecule has 6 heteroatoms. The van der Waals surface area contributed by atoms with Crippen LogP contribution < -0.4 is 20.3 Å². The van der Waals surface area contributed by atoms with Crippen LogP contribution in [0.5, 0.6) is 11.5 Å². The molecule has 0 saturated carbocycles. The lowest BCUT2D eigenvalue weighted by Crippen LogP contribution is -2.37. The van der Waals surface area contributed by atoms with E-state index in [0.717, 1.165) is 5.56 Å². The lowest BCUT2D eigenvalue weighted by atomic mass is 9.93. The highest BCUT2D eigenvalue weighted by molar-refractivity contribution is 5.75. The molecule has 2 atom stereocenters. The molecule has 0 bridgehead atoms. The number of hydrazine groups is 1. The van der Waals surface area contributed by atoms with Gasteiger partial charge in [0.2, 0.25) is 6.79 Å². The number of carbonyl (C=O) groups is 1. The lowest BCUT2D eigenvalue weighted by Gasteiger charge is -2.14. The largest absolute Gasteiger partial charge is 0.480 e. The average Bonchev–Trinajstić information content (AvgIpc) is 2.96. The number of nitrogens with one attached hydrogen (secondary N) is 2. The monoisotopic (exact) mass is 236 g/mol. The van der Waals surface area contributed by atoms with Crippen molar-refractivity contribution >= 4 is 5.97 Å². The van der Waals surface area contributed by atoms with E-state index in [-0.39, 0.29) is 12.7 Å². The fraction of sp³-hybridized carbons (Fsp3) is 0.364. The molecule has 1 aromatic carbocycles. The second-order valence-corrected chi connectivity index (χ2v) is 4.06. The van der Waals surface area contributed by atoms with Crippen molar-refractivity contribution in [2.75, 3.05) is 13.3 Å². The number of aliphatic carboxylic acids is 1. The van der Waals surface area contributed by atoms with Crippen molar-refractivity contribution in [1.82, 2.24) is 10.9 Å². The van der Waals surface area contributed by atoms with Gasteiger partial charge < -0.3 is 14.6 Å². The molecule has 1 saturated heterocycles. The minimum absolute atomic E-state index is 0.109. The highest BCUT2D eigenvalue weighted by Gasteiger charge is 2.34. The Morgan fingerprint density at radius 1 is 1.35 bits per heavy atom. The zero-order valence-electron chi connectivity index (χ0n) is 8.97. The molecule has 2 aliphatic heterocycles. The van der Waals surface area contributed by atoms with E-state index in [9.17, 15) is 4.79 Å². The second-order valence-electron chi connectivity index (χ2n) is 4.06. The van der Waals surface area contributed by atoms with Gasteiger partial charge >= 0.3 is 5.97 Å². The van der Waals surface area contributed by atoms with Crippen LogP contribution in [-0.2, 0) is 4.79 Å². The molecule has 2 aliphatic rings. The van der Waals surface area contributed by atoms with Gasteiger partial charge in [-0.25, -0.2) is 5.43 Å². The first-order chi connectivity index (χ1) is 8.25. The predicted octanol–water partition coefficient (Wildman–Crippen LogP) is 0.0599. The van der Waals surface area contributed by atoms with Gasteiger partial charge in [0.15, 0.2) is 11.5 Å². The Balaban J connectivity index is 1.91. The quantitative estimate of drug-likeness (QED) is 0.674. The molecule has 0 aliphatic carbocycles. The van der Waals surface area contributed by atoms with Crippen LogP contribution in [0.3, 0.4) is 0 Å². The normalized spacial score (nSPS) is 26.1. The third-order valence-corrected chi connectivity index (χ3v) is 3.07. The molecule has 90 valence electrons. The Kier molecular flexibility index (Phi) is 2.38. The fourth-order valence-electron chi connectivity index (χ4n) is 2.19. The van der Waals surface area contributed by atoms with Crippen LogP contribution in [0.15, 0.2) is 18.2 Å². The molecule has 3 rings (SSSR count). The van der Waals surface area contributed by atoms with Crippen molar-refractivity contribution in [3.8, 4) is 11.5 Å². The number of hydrogen-bond acceptors (Lipinski definition) is 5. The van der Waals surface area contributed by atoms with Gasteiger partial charge in [-0.15, -0.1) is 0 Å². The first-order valence-corrected chi connectivity index (χ1v) is 5.36. The maximum absolute atomic E-state index is 11.1. The summed E-state index contributed by atoms with van der Waals surface area (Å²) >= 11 is 0. The average molecular weight is 236 g/mol. The topological polar surface area (TPSA) is 79.8 Å². The standard InChI is InChI=1S/C11H12N2O4/c14-11(15)10-7(4-12-13-10)6-1-2-8-9(3-6)17-5-16-8/h1-3,7,10,12-13H,4-5H2,(H,14,15). The number of carboxylic acid groups (broad SMARTS) is 1. The van der Waals surface area contributed by atoms with Crippen LogP contribution in [0.25, 0.3) is 0 Å². The first-order valence-electron chi connectivity index (χ1n) is 5.36. The summed E-state index contributed by atoms with van der Waals surface area (Å²) in [6, 6.07) is 4.92. The van der Waals surface area contributed by atoms with Gasteiger partial charge in [0.1, 0.15) is 6.04 Å². The van der Waals surface area contributed by atoms with E-state index in [1.807, 2.05) is 18.2 Å². The molecular weight excluding hydrogens is 224 g/mol. The van der Waals surface area contributed by atoms with E-state index >= 15 is 0 Å². The van der Waals surface area contributed by atoms with Crippen LogP contribution in [-0.4, -0.2) is 30.5 Å². The molecule has 2 heterocycles. The molecule has 1 aromatic rings. The number of benzene rings is 1. The van der Waals surface area contributed by atoms with Crippen LogP contribution in [0.1, 0.15) is 11.5 Å². The van der Waals surface area contributed by atoms with Crippen molar-refractivity contribution in [1.29, 1.82) is 0 Å². The van der Waals surface area contributed by atoms with Gasteiger partial charge in [0.05, 0.1) is 0 Å². The molecule has 17 heavy (non-hydrogen) atoms. The Labute approximate surface area is 97.5 Å². The van der Waals surface area contributed by atoms with Crippen LogP contribution >= 0.6 is 0 Å². The van der Waals surface area contributed by atoms with Crippen molar-refractivity contribution < 1.29 is 19.4 Å². The summed E-state index contributed by atoms with van der Waals surface area (Å²) in [5.74, 6) is 0.415. The summed E-state index contributed by atoms with van der Waals surface area (Å²) in [4.78, 5) is 11.1. The smallest absolute Gasteiger partial charge is 0.322 e. The minimum Gasteiger partial charge on any atom is -0.480 e. The van der Waals surface area contributed by atoms with Crippen LogP contribution in [0, 0.1) is 0 Å². The molecule has 6 nitrogen and oxygen atoms in total. The summed E-state index contributed by atoms with van der Waals surface area (Å²) in [6.45, 7) is 0.804. The number of fused-ring (bicyclic) bond motifs is 1. The number of carboxylic acids is 1. The summed E-state index contributed by atoms with van der Waals surface area (Å²) in [5.41, 5.74) is 6.55. The second kappa shape index (κ2) is 3.90. The summed E-state index contributed by atoms with van der Waals surface area (Å²) in [5, 5.41) is 9.08. The van der Waals surface area contributed by atoms with E-state index in [4.69, 9.17) is 14.6 Å². The van der Waals surface area contributed by atoms with E-state index < -0.39 is 12.0 Å². The van der Waals surface area contributed by atoms with Crippen molar-refractivity contribution in [3.05, 3.63) is 23.8 Å². The third kappa shape index (κ3) is 1.71. The van der Waals surface area contributed by atoms with E-state index in [2.05, 4.69) is 10.9 Å². The molecule has 0 aromatic heterocycles. The number of rotatable bonds is 2. The summed E-state index contributed by atoms with van der Waals surface area (Å²) < 4.78 is 10.5. The molecule has 0 amide bonds. The van der Waals surface area contributed by atoms with Gasteiger partial charge in [-0.3, -0.25) is 10.2 Å². The molecule has 0 radical (unpaired) electrons. The predicted molar refractivity (Wildman–Crippen MR) is 57.9 cm³/mol. The van der Waals surface area contributed by atoms with Gasteiger partial charge in [0.25, 0.3) is 0 Å². The molecule has 0 spiro atoms. The van der Waals surface area contributed by atoms with Gasteiger partial charge in [-0.05, 0) is 17.7 Å². The van der Waals surface area contributed by atoms with Crippen molar-refractivity contribution in [2.24, 2.45) is 0 Å². The highest BCUT2D eigenvalue weighted by atomic mass is 16.7. The number of ether oxygens (including phenoxy) is 2. The van der Waals surface area contributed by atoms with Crippen molar-refractivity contribution in [2.45, 2.75) is 12.0 Å². The van der Waals surface area contributed by atoms with Crippen LogP contribution in [0.2, 0.25) is 0 Å². The zero-order valence-corrected chi connectivity index (χ0v) is 8.97. The Hall–Kier alpha value is -1.79. The lowest BCUT2D eigenvalue weighted by molar-refractivity contribution is -0.139. The van der Waals surface area contributed by atoms with Crippen LogP contribution in [0.4, 0.5) is 0 Å². The summed E-state index contributed by atoms with van der Waals surface area (Å²) in [7, 11) is 0. The molecule has 1 fully saturated rings. The van der Waals surface area contributed by atoms with Gasteiger partial charge in [0, 0.05) is 12.5 Å². The Morgan fingerprint density at radius 2 is 2.18 bits per heavy atom. The van der Waals surface area contributed by atoms with Gasteiger partial charge in [-0.1, -0.05) is 6.07 Å². The van der Waals surface area contributed by atoms with E-state index in [0.29, 0.717) is 18.0 Å². The minimum atomic E-state index is -0.863. The maximum Gasteiger partial charge on any atom is 0.322 e. The summed E-state index contributed by atoms with van der Waals surface area (Å²) in [6.07, 6.45) is 0. The first kappa shape index (κ1) is 10.4. The maximum atomic E-state index is 11.1. The highest BCUT2D eigenvalue weighted by Crippen LogP contribution is 2.35. The Bertz CT molecular complexity index is 463. The van der Waals surface area contributed by atoms with Crippen molar-refractivity contribution in [3.63, 3.8) is 0 Å². The van der Waals surface area contributed by atoms with E-state index in [1.165, 1.54) is 0 Å².